The third kappa shape index (κ3) is 3.41. The van der Waals surface area contributed by atoms with E-state index in [0.29, 0.717) is 17.7 Å². The molecule has 0 aliphatic heterocycles. The summed E-state index contributed by atoms with van der Waals surface area (Å²) >= 11 is 3.33. The van der Waals surface area contributed by atoms with Crippen LogP contribution >= 0.6 is 26.6 Å². The zero-order valence-electron chi connectivity index (χ0n) is 9.97. The molecule has 0 aliphatic carbocycles. The molecule has 0 spiro atoms. The summed E-state index contributed by atoms with van der Waals surface area (Å²) in [5.41, 5.74) is 0. The highest BCUT2D eigenvalue weighted by molar-refractivity contribution is 9.09. The zero-order valence-corrected chi connectivity index (χ0v) is 13.1. The Bertz CT molecular complexity index is 685. The third-order valence-electron chi connectivity index (χ3n) is 2.64. The van der Waals surface area contributed by atoms with Crippen molar-refractivity contribution in [3.63, 3.8) is 0 Å². The van der Waals surface area contributed by atoms with Crippen LogP contribution in [0.15, 0.2) is 41.3 Å². The molecule has 2 rings (SSSR count). The van der Waals surface area contributed by atoms with E-state index < -0.39 is 9.05 Å². The fourth-order valence-corrected chi connectivity index (χ4v) is 3.12. The van der Waals surface area contributed by atoms with Crippen LogP contribution in [0, 0.1) is 0 Å². The molecule has 19 heavy (non-hydrogen) atoms. The van der Waals surface area contributed by atoms with E-state index in [4.69, 9.17) is 15.4 Å². The van der Waals surface area contributed by atoms with Crippen molar-refractivity contribution in [3.05, 3.63) is 36.4 Å². The number of hydrogen-bond donors (Lipinski definition) is 0. The Hall–Kier alpha value is -0.780. The maximum absolute atomic E-state index is 11.5. The largest absolute Gasteiger partial charge is 0.493 e. The van der Waals surface area contributed by atoms with E-state index in [-0.39, 0.29) is 4.90 Å². The van der Waals surface area contributed by atoms with Crippen LogP contribution in [-0.4, -0.2) is 20.4 Å². The van der Waals surface area contributed by atoms with Gasteiger partial charge in [0.1, 0.15) is 5.75 Å². The monoisotopic (exact) mass is 362 g/mol. The molecule has 0 saturated heterocycles. The minimum absolute atomic E-state index is 0.109. The lowest BCUT2D eigenvalue weighted by Crippen LogP contribution is -2.00. The van der Waals surface area contributed by atoms with Crippen LogP contribution < -0.4 is 4.74 Å². The van der Waals surface area contributed by atoms with E-state index in [0.717, 1.165) is 17.1 Å². The topological polar surface area (TPSA) is 43.4 Å². The summed E-state index contributed by atoms with van der Waals surface area (Å²) < 4.78 is 28.7. The summed E-state index contributed by atoms with van der Waals surface area (Å²) in [4.78, 5) is 0.109. The van der Waals surface area contributed by atoms with Gasteiger partial charge in [0.2, 0.25) is 0 Å². The molecule has 0 fully saturated rings. The van der Waals surface area contributed by atoms with Gasteiger partial charge in [-0.25, -0.2) is 8.42 Å². The van der Waals surface area contributed by atoms with Crippen molar-refractivity contribution in [1.29, 1.82) is 0 Å². The van der Waals surface area contributed by atoms with Crippen LogP contribution in [0.25, 0.3) is 10.8 Å². The third-order valence-corrected chi connectivity index (χ3v) is 4.58. The lowest BCUT2D eigenvalue weighted by atomic mass is 10.1. The molecule has 0 amide bonds. The minimum atomic E-state index is -3.76. The second kappa shape index (κ2) is 6.11. The second-order valence-corrected chi connectivity index (χ2v) is 7.26. The normalized spacial score (nSPS) is 11.7. The van der Waals surface area contributed by atoms with Crippen molar-refractivity contribution in [2.45, 2.75) is 11.3 Å². The van der Waals surface area contributed by atoms with Gasteiger partial charge in [0.25, 0.3) is 9.05 Å². The van der Waals surface area contributed by atoms with Gasteiger partial charge in [0, 0.05) is 26.8 Å². The van der Waals surface area contributed by atoms with Gasteiger partial charge in [-0.05, 0) is 18.6 Å². The molecule has 0 radical (unpaired) electrons. The Morgan fingerprint density at radius 1 is 1.11 bits per heavy atom. The summed E-state index contributed by atoms with van der Waals surface area (Å²) in [6, 6.07) is 10.3. The quantitative estimate of drug-likeness (QED) is 0.459. The number of hydrogen-bond acceptors (Lipinski definition) is 3. The zero-order chi connectivity index (χ0) is 13.9. The van der Waals surface area contributed by atoms with Crippen molar-refractivity contribution >= 4 is 46.4 Å². The molecule has 2 aromatic rings. The van der Waals surface area contributed by atoms with Crippen molar-refractivity contribution in [2.75, 3.05) is 11.9 Å². The summed E-state index contributed by atoms with van der Waals surface area (Å²) in [7, 11) is 1.68. The second-order valence-electron chi connectivity index (χ2n) is 3.94. The van der Waals surface area contributed by atoms with Crippen molar-refractivity contribution in [2.24, 2.45) is 0 Å². The van der Waals surface area contributed by atoms with Gasteiger partial charge in [-0.2, -0.15) is 0 Å². The molecule has 0 aliphatic rings. The number of benzene rings is 2. The molecule has 6 heteroatoms. The molecule has 0 bridgehead atoms. The predicted molar refractivity (Wildman–Crippen MR) is 80.9 cm³/mol. The van der Waals surface area contributed by atoms with Gasteiger partial charge in [-0.15, -0.1) is 0 Å². The minimum Gasteiger partial charge on any atom is -0.493 e. The lowest BCUT2D eigenvalue weighted by molar-refractivity contribution is 0.323. The lowest BCUT2D eigenvalue weighted by Gasteiger charge is -2.10. The first-order chi connectivity index (χ1) is 9.04. The summed E-state index contributed by atoms with van der Waals surface area (Å²) in [6.07, 6.45) is 0.879. The highest BCUT2D eigenvalue weighted by atomic mass is 79.9. The summed E-state index contributed by atoms with van der Waals surface area (Å²) in [6.45, 7) is 0.572. The van der Waals surface area contributed by atoms with E-state index in [1.54, 1.807) is 18.2 Å². The first-order valence-corrected chi connectivity index (χ1v) is 9.12. The fourth-order valence-electron chi connectivity index (χ4n) is 1.82. The molecule has 0 unspecified atom stereocenters. The van der Waals surface area contributed by atoms with Gasteiger partial charge in [0.15, 0.2) is 0 Å². The van der Waals surface area contributed by atoms with Crippen LogP contribution in [0.4, 0.5) is 0 Å². The van der Waals surface area contributed by atoms with Gasteiger partial charge < -0.3 is 4.74 Å². The van der Waals surface area contributed by atoms with Crippen molar-refractivity contribution in [1.82, 2.24) is 0 Å². The molecule has 102 valence electrons. The van der Waals surface area contributed by atoms with Gasteiger partial charge in [-0.1, -0.05) is 40.2 Å². The maximum atomic E-state index is 11.5. The molecule has 0 N–H and O–H groups in total. The highest BCUT2D eigenvalue weighted by Gasteiger charge is 2.16. The average Bonchev–Trinajstić information content (AvgIpc) is 2.37. The Morgan fingerprint density at radius 2 is 1.79 bits per heavy atom. The molecular weight excluding hydrogens is 352 g/mol. The van der Waals surface area contributed by atoms with E-state index in [1.807, 2.05) is 12.1 Å². The smallest absolute Gasteiger partial charge is 0.261 e. The SMILES string of the molecule is O=S(=O)(Cl)c1ccc(OCCCBr)c2ccccc12. The average molecular weight is 364 g/mol. The van der Waals surface area contributed by atoms with E-state index in [1.165, 1.54) is 6.07 Å². The van der Waals surface area contributed by atoms with E-state index >= 15 is 0 Å². The van der Waals surface area contributed by atoms with Gasteiger partial charge in [0.05, 0.1) is 11.5 Å². The van der Waals surface area contributed by atoms with Crippen LogP contribution in [0.2, 0.25) is 0 Å². The number of halogens is 2. The molecule has 2 aromatic carbocycles. The van der Waals surface area contributed by atoms with E-state index in [2.05, 4.69) is 15.9 Å². The Balaban J connectivity index is 2.52. The Kier molecular flexibility index (Phi) is 4.71. The van der Waals surface area contributed by atoms with Crippen LogP contribution in [0.1, 0.15) is 6.42 Å². The molecule has 0 aromatic heterocycles. The number of fused-ring (bicyclic) bond motifs is 1. The number of rotatable bonds is 5. The van der Waals surface area contributed by atoms with Gasteiger partial charge in [-0.3, -0.25) is 0 Å². The molecular formula is C13H12BrClO3S. The molecule has 0 heterocycles. The standard InChI is InChI=1S/C13H12BrClO3S/c14-8-3-9-18-12-6-7-13(19(15,16)17)11-5-2-1-4-10(11)12/h1-2,4-7H,3,8-9H2. The molecule has 3 nitrogen and oxygen atoms in total. The highest BCUT2D eigenvalue weighted by Crippen LogP contribution is 2.32. The predicted octanol–water partition coefficient (Wildman–Crippen LogP) is 3.93. The van der Waals surface area contributed by atoms with Crippen LogP contribution in [0.3, 0.4) is 0 Å². The van der Waals surface area contributed by atoms with Crippen molar-refractivity contribution in [3.8, 4) is 5.75 Å². The van der Waals surface area contributed by atoms with Crippen LogP contribution in [-0.2, 0) is 9.05 Å². The van der Waals surface area contributed by atoms with E-state index in [9.17, 15) is 8.42 Å². The fraction of sp³-hybridized carbons (Fsp3) is 0.231. The summed E-state index contributed by atoms with van der Waals surface area (Å²) in [5.74, 6) is 0.667. The van der Waals surface area contributed by atoms with Crippen molar-refractivity contribution < 1.29 is 13.2 Å². The maximum Gasteiger partial charge on any atom is 0.261 e. The Morgan fingerprint density at radius 3 is 2.42 bits per heavy atom. The first-order valence-electron chi connectivity index (χ1n) is 5.69. The number of ether oxygens (including phenoxy) is 1. The first kappa shape index (κ1) is 14.6. The van der Waals surface area contributed by atoms with Crippen LogP contribution in [0.5, 0.6) is 5.75 Å². The Labute approximate surface area is 125 Å². The summed E-state index contributed by atoms with van der Waals surface area (Å²) in [5, 5.41) is 2.19. The number of alkyl halides is 1. The van der Waals surface area contributed by atoms with Gasteiger partial charge >= 0.3 is 0 Å². The molecule has 0 atom stereocenters. The molecule has 0 saturated carbocycles.